The first-order valence-electron chi connectivity index (χ1n) is 3.68. The van der Waals surface area contributed by atoms with E-state index in [1.54, 1.807) is 0 Å². The molecule has 1 aromatic rings. The van der Waals surface area contributed by atoms with Crippen molar-refractivity contribution in [2.75, 3.05) is 6.61 Å². The largest absolute Gasteiger partial charge is 0.396 e. The van der Waals surface area contributed by atoms with Gasteiger partial charge in [0, 0.05) is 13.0 Å². The van der Waals surface area contributed by atoms with Crippen LogP contribution in [0, 0.1) is 0 Å². The summed E-state index contributed by atoms with van der Waals surface area (Å²) < 4.78 is 26.1. The van der Waals surface area contributed by atoms with Crippen molar-refractivity contribution >= 4 is 11.6 Å². The van der Waals surface area contributed by atoms with Crippen molar-refractivity contribution in [1.82, 2.24) is 4.98 Å². The summed E-state index contributed by atoms with van der Waals surface area (Å²) in [6.07, 6.45) is -0.639. The molecule has 0 aliphatic carbocycles. The van der Waals surface area contributed by atoms with Crippen LogP contribution in [-0.4, -0.2) is 16.7 Å². The molecule has 0 unspecified atom stereocenters. The van der Waals surface area contributed by atoms with Crippen molar-refractivity contribution in [1.29, 1.82) is 0 Å². The van der Waals surface area contributed by atoms with E-state index in [2.05, 4.69) is 4.98 Å². The zero-order chi connectivity index (χ0) is 9.90. The highest BCUT2D eigenvalue weighted by Gasteiger charge is 2.32. The topological polar surface area (TPSA) is 33.1 Å². The van der Waals surface area contributed by atoms with Gasteiger partial charge in [-0.05, 0) is 12.1 Å². The summed E-state index contributed by atoms with van der Waals surface area (Å²) in [7, 11) is 0. The number of alkyl halides is 2. The summed E-state index contributed by atoms with van der Waals surface area (Å²) in [6.45, 7) is -0.582. The van der Waals surface area contributed by atoms with Crippen LogP contribution in [0.2, 0.25) is 5.15 Å². The molecule has 13 heavy (non-hydrogen) atoms. The van der Waals surface area contributed by atoms with Gasteiger partial charge < -0.3 is 5.11 Å². The van der Waals surface area contributed by atoms with E-state index in [1.165, 1.54) is 18.2 Å². The first-order chi connectivity index (χ1) is 6.06. The van der Waals surface area contributed by atoms with E-state index in [0.29, 0.717) is 0 Å². The van der Waals surface area contributed by atoms with Crippen molar-refractivity contribution in [2.45, 2.75) is 12.3 Å². The summed E-state index contributed by atoms with van der Waals surface area (Å²) in [5, 5.41) is 8.41. The highest BCUT2D eigenvalue weighted by atomic mass is 35.5. The standard InChI is InChI=1S/C8H8ClF2NO/c9-7-3-1-2-6(12-7)8(10,11)4-5-13/h1-3,13H,4-5H2. The SMILES string of the molecule is OCCC(F)(F)c1cccc(Cl)n1. The van der Waals surface area contributed by atoms with E-state index in [-0.39, 0.29) is 5.15 Å². The van der Waals surface area contributed by atoms with Gasteiger partial charge in [-0.25, -0.2) is 4.98 Å². The summed E-state index contributed by atoms with van der Waals surface area (Å²) in [4.78, 5) is 3.47. The zero-order valence-corrected chi connectivity index (χ0v) is 7.43. The molecular weight excluding hydrogens is 200 g/mol. The number of hydrogen-bond donors (Lipinski definition) is 1. The summed E-state index contributed by atoms with van der Waals surface area (Å²) in [6, 6.07) is 4.00. The molecule has 2 nitrogen and oxygen atoms in total. The molecule has 1 rings (SSSR count). The lowest BCUT2D eigenvalue weighted by Crippen LogP contribution is -2.16. The molecule has 0 saturated heterocycles. The number of aliphatic hydroxyl groups is 1. The van der Waals surface area contributed by atoms with E-state index in [9.17, 15) is 8.78 Å². The smallest absolute Gasteiger partial charge is 0.291 e. The van der Waals surface area contributed by atoms with Gasteiger partial charge in [0.15, 0.2) is 0 Å². The Kier molecular flexibility index (Phi) is 3.17. The average molecular weight is 208 g/mol. The third-order valence-corrected chi connectivity index (χ3v) is 1.73. The number of pyridine rings is 1. The molecule has 0 spiro atoms. The van der Waals surface area contributed by atoms with Crippen molar-refractivity contribution in [2.24, 2.45) is 0 Å². The van der Waals surface area contributed by atoms with Crippen LogP contribution in [0.25, 0.3) is 0 Å². The monoisotopic (exact) mass is 207 g/mol. The van der Waals surface area contributed by atoms with E-state index in [4.69, 9.17) is 16.7 Å². The molecule has 0 aromatic carbocycles. The fourth-order valence-corrected chi connectivity index (χ4v) is 1.04. The summed E-state index contributed by atoms with van der Waals surface area (Å²) in [5.41, 5.74) is -0.408. The lowest BCUT2D eigenvalue weighted by molar-refractivity contribution is -0.0310. The van der Waals surface area contributed by atoms with Gasteiger partial charge in [0.2, 0.25) is 0 Å². The van der Waals surface area contributed by atoms with Crippen LogP contribution < -0.4 is 0 Å². The summed E-state index contributed by atoms with van der Waals surface area (Å²) >= 11 is 5.44. The Hall–Kier alpha value is -0.740. The van der Waals surface area contributed by atoms with Gasteiger partial charge in [-0.15, -0.1) is 0 Å². The van der Waals surface area contributed by atoms with Gasteiger partial charge in [0.25, 0.3) is 5.92 Å². The minimum atomic E-state index is -3.11. The maximum Gasteiger partial charge on any atom is 0.291 e. The molecule has 0 saturated carbocycles. The van der Waals surface area contributed by atoms with Gasteiger partial charge in [-0.1, -0.05) is 17.7 Å². The molecule has 5 heteroatoms. The molecule has 0 amide bonds. The van der Waals surface area contributed by atoms with Gasteiger partial charge in [-0.2, -0.15) is 8.78 Å². The van der Waals surface area contributed by atoms with Crippen LogP contribution in [0.5, 0.6) is 0 Å². The second kappa shape index (κ2) is 3.98. The Labute approximate surface area is 79.2 Å². The second-order valence-corrected chi connectivity index (χ2v) is 2.91. The Balaban J connectivity index is 2.93. The number of rotatable bonds is 3. The minimum Gasteiger partial charge on any atom is -0.396 e. The highest BCUT2D eigenvalue weighted by molar-refractivity contribution is 6.29. The Morgan fingerprint density at radius 1 is 1.46 bits per heavy atom. The normalized spacial score (nSPS) is 11.7. The van der Waals surface area contributed by atoms with Gasteiger partial charge in [-0.3, -0.25) is 0 Å². The zero-order valence-electron chi connectivity index (χ0n) is 6.67. The van der Waals surface area contributed by atoms with Crippen LogP contribution >= 0.6 is 11.6 Å². The Morgan fingerprint density at radius 3 is 2.69 bits per heavy atom. The van der Waals surface area contributed by atoms with Crippen LogP contribution in [0.4, 0.5) is 8.78 Å². The first-order valence-corrected chi connectivity index (χ1v) is 4.06. The average Bonchev–Trinajstić information content (AvgIpc) is 2.04. The molecule has 1 aromatic heterocycles. The fraction of sp³-hybridized carbons (Fsp3) is 0.375. The van der Waals surface area contributed by atoms with Crippen LogP contribution in [-0.2, 0) is 5.92 Å². The van der Waals surface area contributed by atoms with Crippen LogP contribution in [0.3, 0.4) is 0 Å². The van der Waals surface area contributed by atoms with Crippen molar-refractivity contribution in [3.63, 3.8) is 0 Å². The fourth-order valence-electron chi connectivity index (χ4n) is 0.880. The molecule has 0 fully saturated rings. The highest BCUT2D eigenvalue weighted by Crippen LogP contribution is 2.30. The molecule has 1 heterocycles. The molecule has 72 valence electrons. The number of nitrogens with zero attached hydrogens (tertiary/aromatic N) is 1. The van der Waals surface area contributed by atoms with Gasteiger partial charge in [0.1, 0.15) is 10.8 Å². The molecule has 0 aliphatic heterocycles. The number of aliphatic hydroxyl groups excluding tert-OH is 1. The molecule has 0 atom stereocenters. The third-order valence-electron chi connectivity index (χ3n) is 1.52. The van der Waals surface area contributed by atoms with E-state index >= 15 is 0 Å². The maximum absolute atomic E-state index is 13.1. The van der Waals surface area contributed by atoms with Crippen molar-refractivity contribution in [3.05, 3.63) is 29.0 Å². The van der Waals surface area contributed by atoms with Crippen molar-refractivity contribution < 1.29 is 13.9 Å². The predicted octanol–water partition coefficient (Wildman–Crippen LogP) is 2.21. The lowest BCUT2D eigenvalue weighted by Gasteiger charge is -2.13. The van der Waals surface area contributed by atoms with E-state index < -0.39 is 24.6 Å². The molecule has 0 radical (unpaired) electrons. The van der Waals surface area contributed by atoms with Crippen molar-refractivity contribution in [3.8, 4) is 0 Å². The molecular formula is C8H8ClF2NO. The Morgan fingerprint density at radius 2 is 2.15 bits per heavy atom. The van der Waals surface area contributed by atoms with Gasteiger partial charge in [0.05, 0.1) is 0 Å². The lowest BCUT2D eigenvalue weighted by atomic mass is 10.1. The summed E-state index contributed by atoms with van der Waals surface area (Å²) in [5.74, 6) is -3.11. The number of halogens is 3. The third kappa shape index (κ3) is 2.60. The minimum absolute atomic E-state index is 0.0233. The molecule has 0 bridgehead atoms. The Bertz CT molecular complexity index is 293. The maximum atomic E-state index is 13.1. The first kappa shape index (κ1) is 10.3. The van der Waals surface area contributed by atoms with Crippen LogP contribution in [0.1, 0.15) is 12.1 Å². The van der Waals surface area contributed by atoms with E-state index in [1.807, 2.05) is 0 Å². The second-order valence-electron chi connectivity index (χ2n) is 2.52. The molecule has 1 N–H and O–H groups in total. The quantitative estimate of drug-likeness (QED) is 0.771. The van der Waals surface area contributed by atoms with E-state index in [0.717, 1.165) is 0 Å². The van der Waals surface area contributed by atoms with Crippen LogP contribution in [0.15, 0.2) is 18.2 Å². The molecule has 0 aliphatic rings. The number of aromatic nitrogens is 1. The van der Waals surface area contributed by atoms with Gasteiger partial charge >= 0.3 is 0 Å². The predicted molar refractivity (Wildman–Crippen MR) is 44.8 cm³/mol. The number of hydrogen-bond acceptors (Lipinski definition) is 2.